The van der Waals surface area contributed by atoms with E-state index in [1.165, 1.54) is 0 Å². The molecule has 29 heavy (non-hydrogen) atoms. The molecular formula is C20H30N6O3. The summed E-state index contributed by atoms with van der Waals surface area (Å²) < 4.78 is 0. The zero-order valence-electron chi connectivity index (χ0n) is 16.5. The van der Waals surface area contributed by atoms with Crippen LogP contribution in [0.1, 0.15) is 31.2 Å². The zero-order valence-corrected chi connectivity index (χ0v) is 16.5. The largest absolute Gasteiger partial charge is 0.370 e. The molecule has 0 saturated carbocycles. The number of nitrogens with one attached hydrogen (secondary N) is 1. The van der Waals surface area contributed by atoms with Gasteiger partial charge in [-0.25, -0.2) is 0 Å². The Bertz CT molecular complexity index is 720. The molecule has 0 spiro atoms. The van der Waals surface area contributed by atoms with E-state index in [-0.39, 0.29) is 5.96 Å². The predicted octanol–water partition coefficient (Wildman–Crippen LogP) is -0.715. The van der Waals surface area contributed by atoms with Gasteiger partial charge in [-0.15, -0.1) is 0 Å². The summed E-state index contributed by atoms with van der Waals surface area (Å²) in [6.45, 7) is 1.04. The van der Waals surface area contributed by atoms with E-state index < -0.39 is 29.9 Å². The second kappa shape index (κ2) is 11.3. The highest BCUT2D eigenvalue weighted by molar-refractivity contribution is 6.00. The summed E-state index contributed by atoms with van der Waals surface area (Å²) in [6, 6.07) is 7.61. The van der Waals surface area contributed by atoms with Crippen molar-refractivity contribution >= 4 is 24.1 Å². The summed E-state index contributed by atoms with van der Waals surface area (Å²) in [5.41, 5.74) is 17.5. The molecule has 1 aromatic rings. The van der Waals surface area contributed by atoms with Crippen LogP contribution in [0.25, 0.3) is 0 Å². The van der Waals surface area contributed by atoms with Gasteiger partial charge >= 0.3 is 0 Å². The summed E-state index contributed by atoms with van der Waals surface area (Å²) in [7, 11) is 0. The van der Waals surface area contributed by atoms with Gasteiger partial charge in [-0.2, -0.15) is 0 Å². The summed E-state index contributed by atoms with van der Waals surface area (Å²) in [4.78, 5) is 42.3. The third-order valence-electron chi connectivity index (χ3n) is 5.01. The van der Waals surface area contributed by atoms with Crippen LogP contribution in [-0.4, -0.2) is 60.2 Å². The fourth-order valence-corrected chi connectivity index (χ4v) is 3.55. The van der Waals surface area contributed by atoms with Crippen LogP contribution in [0.4, 0.5) is 0 Å². The van der Waals surface area contributed by atoms with Crippen molar-refractivity contribution in [2.45, 2.75) is 50.2 Å². The first kappa shape index (κ1) is 22.5. The van der Waals surface area contributed by atoms with Gasteiger partial charge in [0, 0.05) is 6.54 Å². The second-order valence-corrected chi connectivity index (χ2v) is 7.20. The first-order chi connectivity index (χ1) is 13.9. The fourth-order valence-electron chi connectivity index (χ4n) is 3.55. The van der Waals surface area contributed by atoms with Crippen LogP contribution in [0.5, 0.6) is 0 Å². The molecule has 9 nitrogen and oxygen atoms in total. The number of nitrogens with two attached hydrogens (primary N) is 3. The van der Waals surface area contributed by atoms with Crippen LogP contribution in [0.15, 0.2) is 35.3 Å². The van der Waals surface area contributed by atoms with Gasteiger partial charge in [-0.3, -0.25) is 24.8 Å². The van der Waals surface area contributed by atoms with Crippen molar-refractivity contribution in [3.05, 3.63) is 35.9 Å². The highest BCUT2D eigenvalue weighted by atomic mass is 16.2. The number of nitrogens with zero attached hydrogens (tertiary/aromatic N) is 2. The minimum absolute atomic E-state index is 0.0106. The van der Waals surface area contributed by atoms with Crippen LogP contribution in [-0.2, 0) is 20.8 Å². The molecule has 1 saturated heterocycles. The number of benzene rings is 1. The SMILES string of the molecule is NC(N)=NCCC[C@@H](C=O)N1CCC[C@H]1C(=O)NC(=O)[C@H](N)Cc1ccccc1. The first-order valence-electron chi connectivity index (χ1n) is 9.83. The van der Waals surface area contributed by atoms with Crippen LogP contribution < -0.4 is 22.5 Å². The number of aldehydes is 1. The lowest BCUT2D eigenvalue weighted by Gasteiger charge is -2.28. The maximum atomic E-state index is 12.7. The molecule has 1 heterocycles. The van der Waals surface area contributed by atoms with E-state index in [1.54, 1.807) is 0 Å². The average Bonchev–Trinajstić information content (AvgIpc) is 3.18. The maximum Gasteiger partial charge on any atom is 0.243 e. The Morgan fingerprint density at radius 2 is 2.00 bits per heavy atom. The van der Waals surface area contributed by atoms with Crippen molar-refractivity contribution in [3.63, 3.8) is 0 Å². The Labute approximate surface area is 170 Å². The number of imide groups is 1. The molecular weight excluding hydrogens is 372 g/mol. The van der Waals surface area contributed by atoms with Gasteiger partial charge in [-0.1, -0.05) is 30.3 Å². The van der Waals surface area contributed by atoms with E-state index in [0.29, 0.717) is 38.8 Å². The van der Waals surface area contributed by atoms with E-state index in [4.69, 9.17) is 17.2 Å². The van der Waals surface area contributed by atoms with Crippen LogP contribution in [0, 0.1) is 0 Å². The highest BCUT2D eigenvalue weighted by Crippen LogP contribution is 2.22. The normalized spacial score (nSPS) is 18.6. The Balaban J connectivity index is 1.89. The van der Waals surface area contributed by atoms with Crippen molar-refractivity contribution in [1.29, 1.82) is 0 Å². The Hall–Kier alpha value is -2.78. The van der Waals surface area contributed by atoms with Crippen molar-refractivity contribution in [2.24, 2.45) is 22.2 Å². The summed E-state index contributed by atoms with van der Waals surface area (Å²) >= 11 is 0. The number of rotatable bonds is 10. The lowest BCUT2D eigenvalue weighted by molar-refractivity contribution is -0.134. The molecule has 0 bridgehead atoms. The van der Waals surface area contributed by atoms with Gasteiger partial charge in [0.2, 0.25) is 11.8 Å². The summed E-state index contributed by atoms with van der Waals surface area (Å²) in [6.07, 6.45) is 3.70. The first-order valence-corrected chi connectivity index (χ1v) is 9.83. The minimum Gasteiger partial charge on any atom is -0.370 e. The predicted molar refractivity (Wildman–Crippen MR) is 111 cm³/mol. The molecule has 158 valence electrons. The van der Waals surface area contributed by atoms with E-state index in [2.05, 4.69) is 10.3 Å². The number of aliphatic imine (C=N–C) groups is 1. The molecule has 0 aromatic heterocycles. The van der Waals surface area contributed by atoms with Gasteiger partial charge in [0.25, 0.3) is 0 Å². The van der Waals surface area contributed by atoms with Gasteiger partial charge in [-0.05, 0) is 44.2 Å². The van der Waals surface area contributed by atoms with Crippen LogP contribution >= 0.6 is 0 Å². The Kier molecular flexibility index (Phi) is 8.75. The van der Waals surface area contributed by atoms with Crippen LogP contribution in [0.2, 0.25) is 0 Å². The zero-order chi connectivity index (χ0) is 21.2. The topological polar surface area (TPSA) is 157 Å². The summed E-state index contributed by atoms with van der Waals surface area (Å²) in [5.74, 6) is -0.912. The standard InChI is InChI=1S/C20H30N6O3/c21-16(12-14-6-2-1-3-7-14)18(28)25-19(29)17-9-5-11-26(17)15(13-27)8-4-10-24-20(22)23/h1-3,6-7,13,15-17H,4-5,8-12,21H2,(H4,22,23,24)(H,25,28,29)/t15-,16+,17-/m0/s1. The lowest BCUT2D eigenvalue weighted by Crippen LogP contribution is -2.53. The number of amides is 2. The number of carbonyl (C=O) groups excluding carboxylic acids is 3. The van der Waals surface area contributed by atoms with Gasteiger partial charge in [0.1, 0.15) is 6.29 Å². The molecule has 0 unspecified atom stereocenters. The molecule has 1 fully saturated rings. The molecule has 1 aliphatic heterocycles. The van der Waals surface area contributed by atoms with E-state index in [9.17, 15) is 14.4 Å². The van der Waals surface area contributed by atoms with Crippen LogP contribution in [0.3, 0.4) is 0 Å². The molecule has 7 N–H and O–H groups in total. The Morgan fingerprint density at radius 1 is 1.28 bits per heavy atom. The molecule has 0 radical (unpaired) electrons. The monoisotopic (exact) mass is 402 g/mol. The fraction of sp³-hybridized carbons (Fsp3) is 0.500. The van der Waals surface area contributed by atoms with Crippen molar-refractivity contribution in [2.75, 3.05) is 13.1 Å². The van der Waals surface area contributed by atoms with Gasteiger partial charge in [0.05, 0.1) is 18.1 Å². The molecule has 0 aliphatic carbocycles. The molecule has 9 heteroatoms. The average molecular weight is 402 g/mol. The minimum atomic E-state index is -0.822. The van der Waals surface area contributed by atoms with Crippen molar-refractivity contribution in [1.82, 2.24) is 10.2 Å². The molecule has 3 atom stereocenters. The smallest absolute Gasteiger partial charge is 0.243 e. The second-order valence-electron chi connectivity index (χ2n) is 7.20. The number of guanidine groups is 1. The van der Waals surface area contributed by atoms with E-state index in [1.807, 2.05) is 35.2 Å². The number of likely N-dealkylation sites (tertiary alicyclic amines) is 1. The van der Waals surface area contributed by atoms with E-state index in [0.717, 1.165) is 18.3 Å². The number of carbonyl (C=O) groups is 3. The van der Waals surface area contributed by atoms with E-state index >= 15 is 0 Å². The van der Waals surface area contributed by atoms with Crippen molar-refractivity contribution in [3.8, 4) is 0 Å². The van der Waals surface area contributed by atoms with Gasteiger partial charge in [0.15, 0.2) is 5.96 Å². The third kappa shape index (κ3) is 6.95. The van der Waals surface area contributed by atoms with Crippen molar-refractivity contribution < 1.29 is 14.4 Å². The molecule has 2 rings (SSSR count). The third-order valence-corrected chi connectivity index (χ3v) is 5.01. The Morgan fingerprint density at radius 3 is 2.66 bits per heavy atom. The quantitative estimate of drug-likeness (QED) is 0.174. The summed E-state index contributed by atoms with van der Waals surface area (Å²) in [5, 5.41) is 2.42. The highest BCUT2D eigenvalue weighted by Gasteiger charge is 2.36. The molecule has 1 aliphatic rings. The molecule has 1 aromatic carbocycles. The van der Waals surface area contributed by atoms with Gasteiger partial charge < -0.3 is 22.0 Å². The molecule has 2 amide bonds. The number of hydrogen-bond acceptors (Lipinski definition) is 6. The number of hydrogen-bond donors (Lipinski definition) is 4. The lowest BCUT2D eigenvalue weighted by atomic mass is 10.1. The maximum absolute atomic E-state index is 12.7.